The van der Waals surface area contributed by atoms with Crippen molar-refractivity contribution in [3.63, 3.8) is 0 Å². The maximum Gasteiger partial charge on any atom is 0.253 e. The minimum Gasteiger partial charge on any atom is -0.493 e. The smallest absolute Gasteiger partial charge is 0.253 e. The molecule has 5 heteroatoms. The molecule has 0 saturated carbocycles. The van der Waals surface area contributed by atoms with Crippen LogP contribution in [0.5, 0.6) is 11.5 Å². The number of amides is 1. The van der Waals surface area contributed by atoms with Gasteiger partial charge in [-0.1, -0.05) is 0 Å². The molecule has 128 valence electrons. The summed E-state index contributed by atoms with van der Waals surface area (Å²) in [5.74, 6) is 1.51. The summed E-state index contributed by atoms with van der Waals surface area (Å²) in [5.41, 5.74) is 0.605. The highest BCUT2D eigenvalue weighted by Gasteiger charge is 2.26. The van der Waals surface area contributed by atoms with E-state index in [0.29, 0.717) is 30.2 Å². The van der Waals surface area contributed by atoms with Crippen LogP contribution in [0.4, 0.5) is 0 Å². The Hall–Kier alpha value is -1.75. The Balaban J connectivity index is 2.08. The lowest BCUT2D eigenvalue weighted by Gasteiger charge is -2.33. The van der Waals surface area contributed by atoms with Crippen molar-refractivity contribution >= 4 is 5.91 Å². The highest BCUT2D eigenvalue weighted by atomic mass is 16.5. The number of nitrogens with zero attached hydrogens (tertiary/aromatic N) is 1. The van der Waals surface area contributed by atoms with Gasteiger partial charge in [0.05, 0.1) is 19.3 Å². The monoisotopic (exact) mass is 321 g/mol. The first-order chi connectivity index (χ1) is 10.9. The maximum absolute atomic E-state index is 12.6. The van der Waals surface area contributed by atoms with Crippen molar-refractivity contribution in [2.24, 2.45) is 5.92 Å². The molecule has 23 heavy (non-hydrogen) atoms. The Morgan fingerprint density at radius 3 is 2.39 bits per heavy atom. The second kappa shape index (κ2) is 7.68. The second-order valence-corrected chi connectivity index (χ2v) is 6.40. The summed E-state index contributed by atoms with van der Waals surface area (Å²) in [6, 6.07) is 5.30. The predicted octanol–water partition coefficient (Wildman–Crippen LogP) is 2.72. The molecule has 2 rings (SSSR count). The summed E-state index contributed by atoms with van der Waals surface area (Å²) in [4.78, 5) is 14.5. The van der Waals surface area contributed by atoms with Crippen molar-refractivity contribution in [3.05, 3.63) is 23.8 Å². The van der Waals surface area contributed by atoms with Gasteiger partial charge in [0.1, 0.15) is 0 Å². The third-order valence-corrected chi connectivity index (χ3v) is 4.28. The molecule has 1 fully saturated rings. The van der Waals surface area contributed by atoms with E-state index in [1.54, 1.807) is 25.3 Å². The molecule has 0 aromatic heterocycles. The molecule has 1 aromatic rings. The van der Waals surface area contributed by atoms with Crippen molar-refractivity contribution in [1.29, 1.82) is 0 Å². The van der Waals surface area contributed by atoms with Crippen molar-refractivity contribution in [3.8, 4) is 11.5 Å². The van der Waals surface area contributed by atoms with Gasteiger partial charge in [-0.05, 0) is 57.7 Å². The van der Waals surface area contributed by atoms with Gasteiger partial charge >= 0.3 is 0 Å². The second-order valence-electron chi connectivity index (χ2n) is 6.40. The lowest BCUT2D eigenvalue weighted by Crippen LogP contribution is -2.40. The third-order valence-electron chi connectivity index (χ3n) is 4.28. The Labute approximate surface area is 138 Å². The van der Waals surface area contributed by atoms with Crippen molar-refractivity contribution in [2.45, 2.75) is 45.8 Å². The molecule has 0 spiro atoms. The van der Waals surface area contributed by atoms with E-state index in [1.807, 2.05) is 25.7 Å². The van der Waals surface area contributed by atoms with Crippen LogP contribution in [0.1, 0.15) is 44.0 Å². The summed E-state index contributed by atoms with van der Waals surface area (Å²) < 4.78 is 11.0. The van der Waals surface area contributed by atoms with Crippen LogP contribution in [0.2, 0.25) is 0 Å². The molecule has 1 N–H and O–H groups in total. The molecule has 0 unspecified atom stereocenters. The highest BCUT2D eigenvalue weighted by Crippen LogP contribution is 2.30. The minimum absolute atomic E-state index is 0.00318. The van der Waals surface area contributed by atoms with Crippen LogP contribution in [0, 0.1) is 5.92 Å². The molecule has 1 heterocycles. The molecule has 0 radical (unpaired) electrons. The van der Waals surface area contributed by atoms with Crippen molar-refractivity contribution in [1.82, 2.24) is 4.90 Å². The van der Waals surface area contributed by atoms with Gasteiger partial charge in [-0.15, -0.1) is 0 Å². The highest BCUT2D eigenvalue weighted by molar-refractivity contribution is 5.95. The number of ether oxygens (including phenoxy) is 2. The zero-order valence-electron chi connectivity index (χ0n) is 14.4. The van der Waals surface area contributed by atoms with Gasteiger partial charge in [0.15, 0.2) is 11.5 Å². The summed E-state index contributed by atoms with van der Waals surface area (Å²) in [6.45, 7) is 7.08. The Morgan fingerprint density at radius 1 is 1.22 bits per heavy atom. The number of aliphatic hydroxyl groups excluding tert-OH is 1. The molecule has 5 nitrogen and oxygen atoms in total. The van der Waals surface area contributed by atoms with Crippen molar-refractivity contribution in [2.75, 3.05) is 20.2 Å². The molecular weight excluding hydrogens is 294 g/mol. The SMILES string of the molecule is COc1cc(C(=O)N2CCC([C@@H](C)O)CC2)ccc1OC(C)C. The van der Waals surface area contributed by atoms with E-state index in [4.69, 9.17) is 9.47 Å². The van der Waals surface area contributed by atoms with E-state index < -0.39 is 0 Å². The fourth-order valence-electron chi connectivity index (χ4n) is 2.92. The number of carbonyl (C=O) groups excluding carboxylic acids is 1. The first-order valence-electron chi connectivity index (χ1n) is 8.24. The molecular formula is C18H27NO4. The van der Waals surface area contributed by atoms with E-state index in [1.165, 1.54) is 0 Å². The summed E-state index contributed by atoms with van der Waals surface area (Å²) in [6.07, 6.45) is 1.43. The van der Waals surface area contributed by atoms with Crippen LogP contribution < -0.4 is 9.47 Å². The first-order valence-corrected chi connectivity index (χ1v) is 8.24. The molecule has 1 aliphatic rings. The Bertz CT molecular complexity index is 534. The number of likely N-dealkylation sites (tertiary alicyclic amines) is 1. The molecule has 1 saturated heterocycles. The van der Waals surface area contributed by atoms with Gasteiger partial charge in [0.2, 0.25) is 0 Å². The van der Waals surface area contributed by atoms with Gasteiger partial charge in [-0.25, -0.2) is 0 Å². The number of hydrogen-bond acceptors (Lipinski definition) is 4. The van der Waals surface area contributed by atoms with Gasteiger partial charge in [0.25, 0.3) is 5.91 Å². The number of rotatable bonds is 5. The van der Waals surface area contributed by atoms with Crippen LogP contribution in [0.15, 0.2) is 18.2 Å². The first kappa shape index (κ1) is 17.6. The number of carbonyl (C=O) groups is 1. The van der Waals surface area contributed by atoms with E-state index in [2.05, 4.69) is 0 Å². The van der Waals surface area contributed by atoms with E-state index in [0.717, 1.165) is 12.8 Å². The molecule has 0 bridgehead atoms. The van der Waals surface area contributed by atoms with E-state index in [9.17, 15) is 9.90 Å². The lowest BCUT2D eigenvalue weighted by atomic mass is 9.92. The maximum atomic E-state index is 12.6. The van der Waals surface area contributed by atoms with Crippen LogP contribution in [0.25, 0.3) is 0 Å². The molecule has 1 aromatic carbocycles. The van der Waals surface area contributed by atoms with Crippen LogP contribution in [-0.4, -0.2) is 48.3 Å². The van der Waals surface area contributed by atoms with Gasteiger partial charge < -0.3 is 19.5 Å². The van der Waals surface area contributed by atoms with Crippen LogP contribution in [0.3, 0.4) is 0 Å². The van der Waals surface area contributed by atoms with Crippen LogP contribution >= 0.6 is 0 Å². The molecule has 1 amide bonds. The third kappa shape index (κ3) is 4.38. The fourth-order valence-corrected chi connectivity index (χ4v) is 2.92. The molecule has 1 aliphatic heterocycles. The zero-order chi connectivity index (χ0) is 17.0. The number of aliphatic hydroxyl groups is 1. The topological polar surface area (TPSA) is 59.0 Å². The van der Waals surface area contributed by atoms with Crippen LogP contribution in [-0.2, 0) is 0 Å². The largest absolute Gasteiger partial charge is 0.493 e. The predicted molar refractivity (Wildman–Crippen MR) is 89.1 cm³/mol. The standard InChI is InChI=1S/C18H27NO4/c1-12(2)23-16-6-5-15(11-17(16)22-4)18(21)19-9-7-14(8-10-19)13(3)20/h5-6,11-14,20H,7-10H2,1-4H3/t13-/m1/s1. The van der Waals surface area contributed by atoms with Gasteiger partial charge in [0, 0.05) is 18.7 Å². The summed E-state index contributed by atoms with van der Waals surface area (Å²) in [5, 5.41) is 9.66. The summed E-state index contributed by atoms with van der Waals surface area (Å²) in [7, 11) is 1.57. The zero-order valence-corrected chi connectivity index (χ0v) is 14.4. The quantitative estimate of drug-likeness (QED) is 0.906. The average Bonchev–Trinajstić information content (AvgIpc) is 2.54. The minimum atomic E-state index is -0.306. The van der Waals surface area contributed by atoms with Crippen molar-refractivity contribution < 1.29 is 19.4 Å². The number of benzene rings is 1. The number of piperidine rings is 1. The van der Waals surface area contributed by atoms with Gasteiger partial charge in [-0.3, -0.25) is 4.79 Å². The normalized spacial score (nSPS) is 17.2. The fraction of sp³-hybridized carbons (Fsp3) is 0.611. The Kier molecular flexibility index (Phi) is 5.88. The van der Waals surface area contributed by atoms with E-state index in [-0.39, 0.29) is 24.0 Å². The van der Waals surface area contributed by atoms with E-state index >= 15 is 0 Å². The number of methoxy groups -OCH3 is 1. The molecule has 0 aliphatic carbocycles. The lowest BCUT2D eigenvalue weighted by molar-refractivity contribution is 0.0521. The Morgan fingerprint density at radius 2 is 1.87 bits per heavy atom. The summed E-state index contributed by atoms with van der Waals surface area (Å²) >= 11 is 0. The number of hydrogen-bond donors (Lipinski definition) is 1. The van der Waals surface area contributed by atoms with Gasteiger partial charge in [-0.2, -0.15) is 0 Å². The average molecular weight is 321 g/mol. The molecule has 1 atom stereocenters.